The number of nitrogens with two attached hydrogens (primary N) is 1. The second-order valence-corrected chi connectivity index (χ2v) is 13.7. The Balaban J connectivity index is 1.01. The molecule has 4 saturated carbocycles. The largest absolute Gasteiger partial charge is 0.462 e. The minimum Gasteiger partial charge on any atom is -0.462 e. The van der Waals surface area contributed by atoms with Gasteiger partial charge in [0.05, 0.1) is 31.7 Å². The molecule has 0 atom stereocenters. The van der Waals surface area contributed by atoms with Gasteiger partial charge in [-0.1, -0.05) is 6.58 Å². The van der Waals surface area contributed by atoms with Crippen molar-refractivity contribution in [1.29, 1.82) is 0 Å². The first-order valence-electron chi connectivity index (χ1n) is 17.5. The van der Waals surface area contributed by atoms with Gasteiger partial charge in [0.1, 0.15) is 18.8 Å². The fourth-order valence-corrected chi connectivity index (χ4v) is 7.81. The van der Waals surface area contributed by atoms with Crippen LogP contribution in [-0.4, -0.2) is 69.7 Å². The Kier molecular flexibility index (Phi) is 15.0. The standard InChI is InChI=1S/C35H57NO8/c1-2-33(37)42-22-21-40-19-20-41-24-26-5-9-30(10-6-26)35(39)44-32-17-13-28(14-18-32)27-11-15-31(16-12-27)43-34(38)29-7-3-25(23-36)4-8-29/h2,25-32H,1,3-24,36H2. The Labute approximate surface area is 264 Å². The first-order valence-corrected chi connectivity index (χ1v) is 17.5. The zero-order chi connectivity index (χ0) is 31.1. The van der Waals surface area contributed by atoms with Crippen molar-refractivity contribution in [1.82, 2.24) is 0 Å². The van der Waals surface area contributed by atoms with E-state index in [9.17, 15) is 14.4 Å². The van der Waals surface area contributed by atoms with E-state index in [1.807, 2.05) is 0 Å². The number of carbonyl (C=O) groups is 3. The zero-order valence-corrected chi connectivity index (χ0v) is 26.8. The van der Waals surface area contributed by atoms with Crippen LogP contribution in [-0.2, 0) is 38.1 Å². The molecule has 0 unspecified atom stereocenters. The SMILES string of the molecule is C=CC(=O)OCCOCCOCC1CCC(C(=O)OC2CCC(C3CCC(OC(=O)C4CCC(CN)CC4)CC3)CC2)CC1. The second kappa shape index (κ2) is 18.9. The molecule has 0 aromatic rings. The maximum atomic E-state index is 12.9. The number of hydrogen-bond acceptors (Lipinski definition) is 9. The van der Waals surface area contributed by atoms with Crippen LogP contribution in [0, 0.1) is 35.5 Å². The molecular weight excluding hydrogens is 562 g/mol. The summed E-state index contributed by atoms with van der Waals surface area (Å²) >= 11 is 0. The molecule has 9 nitrogen and oxygen atoms in total. The fraction of sp³-hybridized carbons (Fsp3) is 0.857. The van der Waals surface area contributed by atoms with Gasteiger partial charge in [-0.2, -0.15) is 0 Å². The number of carbonyl (C=O) groups excluding carboxylic acids is 3. The van der Waals surface area contributed by atoms with Gasteiger partial charge in [0, 0.05) is 12.7 Å². The molecule has 44 heavy (non-hydrogen) atoms. The first-order chi connectivity index (χ1) is 21.4. The van der Waals surface area contributed by atoms with E-state index in [4.69, 9.17) is 29.4 Å². The highest BCUT2D eigenvalue weighted by atomic mass is 16.6. The molecule has 4 fully saturated rings. The van der Waals surface area contributed by atoms with Crippen molar-refractivity contribution in [2.45, 2.75) is 115 Å². The summed E-state index contributed by atoms with van der Waals surface area (Å²) in [4.78, 5) is 36.6. The molecule has 0 bridgehead atoms. The van der Waals surface area contributed by atoms with Crippen molar-refractivity contribution in [3.05, 3.63) is 12.7 Å². The molecule has 4 rings (SSSR count). The van der Waals surface area contributed by atoms with Gasteiger partial charge in [0.25, 0.3) is 0 Å². The average Bonchev–Trinajstić information content (AvgIpc) is 3.06. The van der Waals surface area contributed by atoms with E-state index in [0.717, 1.165) is 115 Å². The predicted octanol–water partition coefficient (Wildman–Crippen LogP) is 5.52. The normalized spacial score (nSPS) is 32.8. The summed E-state index contributed by atoms with van der Waals surface area (Å²) in [6, 6.07) is 0. The van der Waals surface area contributed by atoms with E-state index >= 15 is 0 Å². The molecule has 0 radical (unpaired) electrons. The molecule has 250 valence electrons. The zero-order valence-electron chi connectivity index (χ0n) is 26.8. The predicted molar refractivity (Wildman–Crippen MR) is 166 cm³/mol. The molecule has 0 amide bonds. The van der Waals surface area contributed by atoms with Crippen LogP contribution < -0.4 is 5.73 Å². The molecule has 0 heterocycles. The summed E-state index contributed by atoms with van der Waals surface area (Å²) in [6.45, 7) is 6.28. The lowest BCUT2D eigenvalue weighted by atomic mass is 9.72. The molecule has 2 N–H and O–H groups in total. The number of ether oxygens (including phenoxy) is 5. The average molecular weight is 620 g/mol. The Hall–Kier alpha value is -1.97. The van der Waals surface area contributed by atoms with E-state index in [2.05, 4.69) is 6.58 Å². The Bertz CT molecular complexity index is 879. The van der Waals surface area contributed by atoms with Crippen LogP contribution >= 0.6 is 0 Å². The maximum absolute atomic E-state index is 12.9. The van der Waals surface area contributed by atoms with E-state index in [0.29, 0.717) is 50.1 Å². The summed E-state index contributed by atoms with van der Waals surface area (Å²) in [6.07, 6.45) is 17.4. The highest BCUT2D eigenvalue weighted by molar-refractivity contribution is 5.81. The lowest BCUT2D eigenvalue weighted by Gasteiger charge is -2.38. The van der Waals surface area contributed by atoms with Gasteiger partial charge < -0.3 is 29.4 Å². The number of hydrogen-bond donors (Lipinski definition) is 1. The van der Waals surface area contributed by atoms with Crippen LogP contribution in [0.15, 0.2) is 12.7 Å². The Morgan fingerprint density at radius 2 is 1.05 bits per heavy atom. The van der Waals surface area contributed by atoms with Gasteiger partial charge in [0.2, 0.25) is 0 Å². The van der Waals surface area contributed by atoms with Crippen LogP contribution in [0.25, 0.3) is 0 Å². The van der Waals surface area contributed by atoms with E-state index in [1.54, 1.807) is 0 Å². The number of rotatable bonds is 15. The van der Waals surface area contributed by atoms with Gasteiger partial charge in [-0.05, 0) is 133 Å². The van der Waals surface area contributed by atoms with Gasteiger partial charge in [-0.15, -0.1) is 0 Å². The molecule has 4 aliphatic rings. The third-order valence-electron chi connectivity index (χ3n) is 10.7. The molecule has 0 aromatic heterocycles. The summed E-state index contributed by atoms with van der Waals surface area (Å²) in [7, 11) is 0. The van der Waals surface area contributed by atoms with Gasteiger partial charge in [0.15, 0.2) is 0 Å². The van der Waals surface area contributed by atoms with Crippen molar-refractivity contribution in [2.75, 3.05) is 39.6 Å². The van der Waals surface area contributed by atoms with Crippen LogP contribution in [0.2, 0.25) is 0 Å². The molecule has 0 aromatic carbocycles. The first kappa shape index (κ1) is 34.9. The smallest absolute Gasteiger partial charge is 0.330 e. The molecular formula is C35H57NO8. The topological polar surface area (TPSA) is 123 Å². The van der Waals surface area contributed by atoms with Gasteiger partial charge in [-0.25, -0.2) is 4.79 Å². The minimum absolute atomic E-state index is 0.00258. The van der Waals surface area contributed by atoms with Crippen molar-refractivity contribution < 1.29 is 38.1 Å². The van der Waals surface area contributed by atoms with Crippen molar-refractivity contribution >= 4 is 17.9 Å². The van der Waals surface area contributed by atoms with Crippen LogP contribution in [0.3, 0.4) is 0 Å². The maximum Gasteiger partial charge on any atom is 0.330 e. The number of esters is 3. The lowest BCUT2D eigenvalue weighted by Crippen LogP contribution is -2.34. The van der Waals surface area contributed by atoms with Crippen molar-refractivity contribution in [2.24, 2.45) is 41.2 Å². The van der Waals surface area contributed by atoms with Crippen LogP contribution in [0.5, 0.6) is 0 Å². The van der Waals surface area contributed by atoms with Crippen molar-refractivity contribution in [3.63, 3.8) is 0 Å². The second-order valence-electron chi connectivity index (χ2n) is 13.7. The van der Waals surface area contributed by atoms with Crippen LogP contribution in [0.4, 0.5) is 0 Å². The summed E-state index contributed by atoms with van der Waals surface area (Å²) in [5.41, 5.74) is 5.79. The van der Waals surface area contributed by atoms with E-state index < -0.39 is 5.97 Å². The third kappa shape index (κ3) is 11.4. The monoisotopic (exact) mass is 619 g/mol. The summed E-state index contributed by atoms with van der Waals surface area (Å²) in [5.74, 6) is 2.11. The Morgan fingerprint density at radius 3 is 1.52 bits per heavy atom. The van der Waals surface area contributed by atoms with E-state index in [-0.39, 0.29) is 42.6 Å². The van der Waals surface area contributed by atoms with Gasteiger partial charge >= 0.3 is 17.9 Å². The molecule has 9 heteroatoms. The molecule has 0 saturated heterocycles. The van der Waals surface area contributed by atoms with Crippen molar-refractivity contribution in [3.8, 4) is 0 Å². The van der Waals surface area contributed by atoms with Crippen LogP contribution in [0.1, 0.15) is 103 Å². The third-order valence-corrected chi connectivity index (χ3v) is 10.7. The minimum atomic E-state index is -0.445. The molecule has 0 spiro atoms. The fourth-order valence-electron chi connectivity index (χ4n) is 7.81. The quantitative estimate of drug-likeness (QED) is 0.109. The lowest BCUT2D eigenvalue weighted by molar-refractivity contribution is -0.159. The van der Waals surface area contributed by atoms with Gasteiger partial charge in [-0.3, -0.25) is 9.59 Å². The molecule has 0 aliphatic heterocycles. The molecule has 4 aliphatic carbocycles. The summed E-state index contributed by atoms with van der Waals surface area (Å²) < 4.78 is 28.0. The highest BCUT2D eigenvalue weighted by Gasteiger charge is 2.35. The Morgan fingerprint density at radius 1 is 0.591 bits per heavy atom. The van der Waals surface area contributed by atoms with E-state index in [1.165, 1.54) is 0 Å². The highest BCUT2D eigenvalue weighted by Crippen LogP contribution is 2.40. The summed E-state index contributed by atoms with van der Waals surface area (Å²) in [5, 5.41) is 0.